The maximum Gasteiger partial charge on any atom is 0.255 e. The van der Waals surface area contributed by atoms with E-state index in [0.29, 0.717) is 35.2 Å². The zero-order chi connectivity index (χ0) is 27.3. The number of amides is 1. The first-order valence-corrected chi connectivity index (χ1v) is 15.4. The zero-order valence-electron chi connectivity index (χ0n) is 21.1. The summed E-state index contributed by atoms with van der Waals surface area (Å²) in [5, 5.41) is 5.96. The van der Waals surface area contributed by atoms with Crippen molar-refractivity contribution in [2.75, 3.05) is 38.3 Å². The van der Waals surface area contributed by atoms with E-state index in [2.05, 4.69) is 20.3 Å². The molecule has 0 unspecified atom stereocenters. The lowest BCUT2D eigenvalue weighted by Gasteiger charge is -2.14. The van der Waals surface area contributed by atoms with Crippen molar-refractivity contribution in [2.24, 2.45) is 5.92 Å². The molecule has 1 aromatic heterocycles. The Morgan fingerprint density at radius 1 is 0.974 bits per heavy atom. The molecule has 1 fully saturated rings. The average Bonchev–Trinajstić information content (AvgIpc) is 3.74. The smallest absolute Gasteiger partial charge is 0.255 e. The number of sulfonamides is 1. The molecule has 38 heavy (non-hydrogen) atoms. The van der Waals surface area contributed by atoms with Crippen LogP contribution in [0.3, 0.4) is 0 Å². The maximum atomic E-state index is 13.1. The second kappa shape index (κ2) is 11.5. The Kier molecular flexibility index (Phi) is 8.34. The van der Waals surface area contributed by atoms with Gasteiger partial charge in [0.1, 0.15) is 11.6 Å². The van der Waals surface area contributed by atoms with Gasteiger partial charge in [0.25, 0.3) is 5.91 Å². The number of carbonyl (C=O) groups excluding carboxylic acids is 1. The number of benzene rings is 2. The van der Waals surface area contributed by atoms with Crippen LogP contribution in [-0.4, -0.2) is 60.7 Å². The van der Waals surface area contributed by atoms with Crippen LogP contribution in [0.4, 0.5) is 5.82 Å². The molecule has 0 spiro atoms. The Bertz CT molecular complexity index is 1520. The summed E-state index contributed by atoms with van der Waals surface area (Å²) < 4.78 is 56.6. The quantitative estimate of drug-likeness (QED) is 0.288. The van der Waals surface area contributed by atoms with Gasteiger partial charge in [0.2, 0.25) is 10.0 Å². The van der Waals surface area contributed by atoms with E-state index in [1.165, 1.54) is 25.3 Å². The summed E-state index contributed by atoms with van der Waals surface area (Å²) in [7, 11) is -5.67. The standard InChI is InChI=1S/C26H30N4O6S2/c1-36-21-8-10-22(11-9-21)38(34,35)30-13-12-27-26(31)24-15-20(17-29-25(24)28-16-18-6-7-18)19-4-3-5-23(14-19)37(2,32)33/h3-5,8-11,14-15,17-18,30H,6-7,12-13,16H2,1-2H3,(H,27,31)(H,28,29). The summed E-state index contributed by atoms with van der Waals surface area (Å²) >= 11 is 0. The van der Waals surface area contributed by atoms with Crippen molar-refractivity contribution < 1.29 is 26.4 Å². The fourth-order valence-corrected chi connectivity index (χ4v) is 5.40. The minimum Gasteiger partial charge on any atom is -0.497 e. The van der Waals surface area contributed by atoms with E-state index in [-0.39, 0.29) is 28.4 Å². The molecule has 1 aliphatic carbocycles. The Labute approximate surface area is 222 Å². The number of anilines is 1. The summed E-state index contributed by atoms with van der Waals surface area (Å²) in [6.45, 7) is 0.719. The number of nitrogens with zero attached hydrogens (tertiary/aromatic N) is 1. The predicted octanol–water partition coefficient (Wildman–Crippen LogP) is 2.69. The van der Waals surface area contributed by atoms with Crippen LogP contribution in [0.1, 0.15) is 23.2 Å². The Morgan fingerprint density at radius 3 is 2.37 bits per heavy atom. The minimum absolute atomic E-state index is 0.0194. The van der Waals surface area contributed by atoms with Crippen LogP contribution in [0.2, 0.25) is 0 Å². The highest BCUT2D eigenvalue weighted by Gasteiger charge is 2.23. The van der Waals surface area contributed by atoms with Crippen molar-refractivity contribution in [1.29, 1.82) is 0 Å². The Morgan fingerprint density at radius 2 is 1.71 bits per heavy atom. The van der Waals surface area contributed by atoms with Crippen molar-refractivity contribution >= 4 is 31.6 Å². The van der Waals surface area contributed by atoms with Crippen molar-refractivity contribution in [3.63, 3.8) is 0 Å². The summed E-state index contributed by atoms with van der Waals surface area (Å²) in [6.07, 6.45) is 4.98. The van der Waals surface area contributed by atoms with Crippen LogP contribution in [-0.2, 0) is 19.9 Å². The topological polar surface area (TPSA) is 144 Å². The number of nitrogens with one attached hydrogen (secondary N) is 3. The predicted molar refractivity (Wildman–Crippen MR) is 145 cm³/mol. The van der Waals surface area contributed by atoms with E-state index in [1.54, 1.807) is 42.6 Å². The lowest BCUT2D eigenvalue weighted by Crippen LogP contribution is -2.35. The number of hydrogen-bond donors (Lipinski definition) is 3. The van der Waals surface area contributed by atoms with E-state index in [0.717, 1.165) is 19.1 Å². The lowest BCUT2D eigenvalue weighted by atomic mass is 10.1. The van der Waals surface area contributed by atoms with Crippen LogP contribution < -0.4 is 20.1 Å². The van der Waals surface area contributed by atoms with Gasteiger partial charge in [0.15, 0.2) is 9.84 Å². The molecule has 1 amide bonds. The van der Waals surface area contributed by atoms with Crippen LogP contribution in [0.15, 0.2) is 70.6 Å². The van der Waals surface area contributed by atoms with Crippen molar-refractivity contribution in [1.82, 2.24) is 15.0 Å². The first-order chi connectivity index (χ1) is 18.1. The molecule has 1 aliphatic rings. The number of sulfone groups is 1. The monoisotopic (exact) mass is 558 g/mol. The molecule has 0 bridgehead atoms. The zero-order valence-corrected chi connectivity index (χ0v) is 22.7. The van der Waals surface area contributed by atoms with E-state index in [1.807, 2.05) is 0 Å². The molecule has 1 heterocycles. The summed E-state index contributed by atoms with van der Waals surface area (Å²) in [5.41, 5.74) is 1.47. The number of carbonyl (C=O) groups is 1. The largest absolute Gasteiger partial charge is 0.497 e. The SMILES string of the molecule is COc1ccc(S(=O)(=O)NCCNC(=O)c2cc(-c3cccc(S(C)(=O)=O)c3)cnc2NCC2CC2)cc1. The van der Waals surface area contributed by atoms with Crippen molar-refractivity contribution in [2.45, 2.75) is 22.6 Å². The van der Waals surface area contributed by atoms with Gasteiger partial charge in [0.05, 0.1) is 22.5 Å². The van der Waals surface area contributed by atoms with Crippen molar-refractivity contribution in [3.8, 4) is 16.9 Å². The average molecular weight is 559 g/mol. The van der Waals surface area contributed by atoms with Gasteiger partial charge in [-0.25, -0.2) is 26.5 Å². The normalized spacial score (nSPS) is 13.6. The fraction of sp³-hybridized carbons (Fsp3) is 0.308. The molecule has 2 aromatic carbocycles. The molecule has 10 nitrogen and oxygen atoms in total. The highest BCUT2D eigenvalue weighted by atomic mass is 32.2. The van der Waals surface area contributed by atoms with Crippen molar-refractivity contribution in [3.05, 3.63) is 66.4 Å². The molecule has 0 aliphatic heterocycles. The van der Waals surface area contributed by atoms with Gasteiger partial charge in [-0.2, -0.15) is 0 Å². The molecule has 4 rings (SSSR count). The first-order valence-electron chi connectivity index (χ1n) is 12.0. The maximum absolute atomic E-state index is 13.1. The van der Waals surface area contributed by atoms with E-state index < -0.39 is 25.8 Å². The van der Waals surface area contributed by atoms with Gasteiger partial charge in [0, 0.05) is 37.7 Å². The number of hydrogen-bond acceptors (Lipinski definition) is 8. The molecule has 3 N–H and O–H groups in total. The third-order valence-electron chi connectivity index (χ3n) is 6.06. The summed E-state index contributed by atoms with van der Waals surface area (Å²) in [5.74, 6) is 1.07. The van der Waals surface area contributed by atoms with Gasteiger partial charge in [-0.3, -0.25) is 4.79 Å². The number of ether oxygens (including phenoxy) is 1. The summed E-state index contributed by atoms with van der Waals surface area (Å²) in [4.78, 5) is 17.8. The molecular weight excluding hydrogens is 528 g/mol. The number of aromatic nitrogens is 1. The molecule has 202 valence electrons. The van der Waals surface area contributed by atoms with Gasteiger partial charge < -0.3 is 15.4 Å². The molecular formula is C26H30N4O6S2. The van der Waals surface area contributed by atoms with Gasteiger partial charge in [-0.1, -0.05) is 12.1 Å². The van der Waals surface area contributed by atoms with Gasteiger partial charge >= 0.3 is 0 Å². The highest BCUT2D eigenvalue weighted by molar-refractivity contribution is 7.90. The molecule has 3 aromatic rings. The number of pyridine rings is 1. The molecule has 12 heteroatoms. The Hall–Kier alpha value is -3.48. The number of methoxy groups -OCH3 is 1. The van der Waals surface area contributed by atoms with Crippen LogP contribution in [0.5, 0.6) is 5.75 Å². The Balaban J connectivity index is 1.47. The molecule has 0 saturated heterocycles. The fourth-order valence-electron chi connectivity index (χ4n) is 3.70. The molecule has 0 radical (unpaired) electrons. The van der Waals surface area contributed by atoms with Gasteiger partial charge in [-0.05, 0) is 66.8 Å². The lowest BCUT2D eigenvalue weighted by molar-refractivity contribution is 0.0955. The van der Waals surface area contributed by atoms with E-state index in [4.69, 9.17) is 4.74 Å². The van der Waals surface area contributed by atoms with E-state index in [9.17, 15) is 21.6 Å². The van der Waals surface area contributed by atoms with Crippen LogP contribution in [0, 0.1) is 5.92 Å². The van der Waals surface area contributed by atoms with Crippen LogP contribution >= 0.6 is 0 Å². The molecule has 0 atom stereocenters. The highest BCUT2D eigenvalue weighted by Crippen LogP contribution is 2.30. The van der Waals surface area contributed by atoms with E-state index >= 15 is 0 Å². The number of rotatable bonds is 12. The summed E-state index contributed by atoms with van der Waals surface area (Å²) in [6, 6.07) is 14.1. The van der Waals surface area contributed by atoms with Gasteiger partial charge in [-0.15, -0.1) is 0 Å². The second-order valence-corrected chi connectivity index (χ2v) is 12.9. The molecule has 1 saturated carbocycles. The third kappa shape index (κ3) is 7.09. The third-order valence-corrected chi connectivity index (χ3v) is 8.64. The minimum atomic E-state index is -3.76. The second-order valence-electron chi connectivity index (χ2n) is 9.07. The van der Waals surface area contributed by atoms with Crippen LogP contribution in [0.25, 0.3) is 11.1 Å². The first kappa shape index (κ1) is 27.6.